The first-order chi connectivity index (χ1) is 10.9. The van der Waals surface area contributed by atoms with Crippen LogP contribution in [0, 0.1) is 12.3 Å². The molecule has 1 aliphatic rings. The van der Waals surface area contributed by atoms with Crippen molar-refractivity contribution in [2.45, 2.75) is 13.8 Å². The Hall–Kier alpha value is -2.50. The van der Waals surface area contributed by atoms with Gasteiger partial charge in [-0.2, -0.15) is 0 Å². The molecular weight excluding hydrogens is 292 g/mol. The molecule has 6 nitrogen and oxygen atoms in total. The Morgan fingerprint density at radius 2 is 2.04 bits per heavy atom. The number of carbonyl (C=O) groups is 1. The SMILES string of the molecule is Cc1ccc(OCC2(C)CN(C(=O)CN=C/C(N)=C\N)C2)cc1. The zero-order chi connectivity index (χ0) is 16.9. The maximum atomic E-state index is 12.0. The van der Waals surface area contributed by atoms with Gasteiger partial charge in [-0.3, -0.25) is 9.79 Å². The van der Waals surface area contributed by atoms with Gasteiger partial charge in [-0.15, -0.1) is 0 Å². The molecule has 0 unspecified atom stereocenters. The highest BCUT2D eigenvalue weighted by Crippen LogP contribution is 2.30. The topological polar surface area (TPSA) is 93.9 Å². The van der Waals surface area contributed by atoms with E-state index in [1.54, 1.807) is 4.90 Å². The molecule has 124 valence electrons. The maximum Gasteiger partial charge on any atom is 0.244 e. The van der Waals surface area contributed by atoms with Crippen molar-refractivity contribution < 1.29 is 9.53 Å². The molecule has 0 saturated carbocycles. The quantitative estimate of drug-likeness (QED) is 0.767. The lowest BCUT2D eigenvalue weighted by Crippen LogP contribution is -2.59. The van der Waals surface area contributed by atoms with Crippen molar-refractivity contribution in [1.82, 2.24) is 4.90 Å². The van der Waals surface area contributed by atoms with Crippen molar-refractivity contribution >= 4 is 12.1 Å². The average Bonchev–Trinajstić information content (AvgIpc) is 2.51. The van der Waals surface area contributed by atoms with Crippen molar-refractivity contribution in [2.75, 3.05) is 26.2 Å². The molecule has 0 atom stereocenters. The molecular formula is C17H24N4O2. The molecule has 0 aromatic heterocycles. The van der Waals surface area contributed by atoms with Gasteiger partial charge < -0.3 is 21.1 Å². The Labute approximate surface area is 136 Å². The molecule has 0 spiro atoms. The number of benzene rings is 1. The van der Waals surface area contributed by atoms with Gasteiger partial charge in [-0.25, -0.2) is 0 Å². The highest BCUT2D eigenvalue weighted by Gasteiger charge is 2.41. The minimum Gasteiger partial charge on any atom is -0.493 e. The molecule has 1 amide bonds. The normalized spacial score (nSPS) is 17.1. The molecule has 6 heteroatoms. The van der Waals surface area contributed by atoms with E-state index in [-0.39, 0.29) is 17.9 Å². The van der Waals surface area contributed by atoms with Crippen LogP contribution in [0.2, 0.25) is 0 Å². The molecule has 1 fully saturated rings. The average molecular weight is 316 g/mol. The number of carbonyl (C=O) groups excluding carboxylic acids is 1. The minimum atomic E-state index is -0.0149. The molecule has 1 aliphatic heterocycles. The minimum absolute atomic E-state index is 0.0134. The van der Waals surface area contributed by atoms with Gasteiger partial charge in [0.15, 0.2) is 0 Å². The van der Waals surface area contributed by atoms with E-state index in [1.165, 1.54) is 18.0 Å². The van der Waals surface area contributed by atoms with E-state index >= 15 is 0 Å². The van der Waals surface area contributed by atoms with Crippen LogP contribution in [0.1, 0.15) is 12.5 Å². The number of ether oxygens (including phenoxy) is 1. The predicted molar refractivity (Wildman–Crippen MR) is 91.2 cm³/mol. The Balaban J connectivity index is 1.74. The van der Waals surface area contributed by atoms with Gasteiger partial charge in [-0.1, -0.05) is 24.6 Å². The fourth-order valence-electron chi connectivity index (χ4n) is 2.41. The largest absolute Gasteiger partial charge is 0.493 e. The summed E-state index contributed by atoms with van der Waals surface area (Å²) in [6, 6.07) is 7.97. The van der Waals surface area contributed by atoms with Crippen LogP contribution in [-0.4, -0.2) is 43.3 Å². The molecule has 1 aromatic rings. The van der Waals surface area contributed by atoms with E-state index in [2.05, 4.69) is 11.9 Å². The number of allylic oxidation sites excluding steroid dienone is 1. The van der Waals surface area contributed by atoms with Gasteiger partial charge in [0.05, 0.1) is 12.3 Å². The summed E-state index contributed by atoms with van der Waals surface area (Å²) < 4.78 is 5.82. The van der Waals surface area contributed by atoms with Crippen molar-refractivity contribution in [2.24, 2.45) is 21.9 Å². The van der Waals surface area contributed by atoms with Crippen LogP contribution in [0.25, 0.3) is 0 Å². The van der Waals surface area contributed by atoms with E-state index < -0.39 is 0 Å². The van der Waals surface area contributed by atoms with Gasteiger partial charge in [0.2, 0.25) is 5.91 Å². The molecule has 1 aromatic carbocycles. The van der Waals surface area contributed by atoms with Crippen LogP contribution in [0.15, 0.2) is 41.2 Å². The Morgan fingerprint density at radius 3 is 2.65 bits per heavy atom. The number of hydrogen-bond donors (Lipinski definition) is 2. The third-order valence-electron chi connectivity index (χ3n) is 3.77. The first-order valence-corrected chi connectivity index (χ1v) is 7.56. The molecule has 2 rings (SSSR count). The fourth-order valence-corrected chi connectivity index (χ4v) is 2.41. The van der Waals surface area contributed by atoms with Crippen molar-refractivity contribution in [3.8, 4) is 5.75 Å². The van der Waals surface area contributed by atoms with Crippen LogP contribution < -0.4 is 16.2 Å². The highest BCUT2D eigenvalue weighted by atomic mass is 16.5. The van der Waals surface area contributed by atoms with Gasteiger partial charge >= 0.3 is 0 Å². The molecule has 1 saturated heterocycles. The van der Waals surface area contributed by atoms with Crippen LogP contribution in [0.3, 0.4) is 0 Å². The highest BCUT2D eigenvalue weighted by molar-refractivity contribution is 5.83. The van der Waals surface area contributed by atoms with Crippen LogP contribution in [0.5, 0.6) is 5.75 Å². The smallest absolute Gasteiger partial charge is 0.244 e. The zero-order valence-corrected chi connectivity index (χ0v) is 13.7. The number of nitrogens with zero attached hydrogens (tertiary/aromatic N) is 2. The Morgan fingerprint density at radius 1 is 1.39 bits per heavy atom. The van der Waals surface area contributed by atoms with Gasteiger partial charge in [0, 0.05) is 30.9 Å². The summed E-state index contributed by atoms with van der Waals surface area (Å²) in [4.78, 5) is 17.7. The summed E-state index contributed by atoms with van der Waals surface area (Å²) in [5, 5.41) is 0. The lowest BCUT2D eigenvalue weighted by Gasteiger charge is -2.47. The number of amides is 1. The van der Waals surface area contributed by atoms with Gasteiger partial charge in [-0.05, 0) is 19.1 Å². The standard InChI is InChI=1S/C17H24N4O2/c1-13-3-5-15(6-4-13)23-12-17(2)10-21(11-17)16(22)9-20-8-14(19)7-18/h3-8H,9-12,18-19H2,1-2H3/b14-7+,20-8?. The number of rotatable bonds is 6. The van der Waals surface area contributed by atoms with Crippen molar-refractivity contribution in [3.63, 3.8) is 0 Å². The summed E-state index contributed by atoms with van der Waals surface area (Å²) in [5.41, 5.74) is 12.2. The number of nitrogens with two attached hydrogens (primary N) is 2. The van der Waals surface area contributed by atoms with E-state index in [0.29, 0.717) is 25.4 Å². The van der Waals surface area contributed by atoms with Crippen LogP contribution >= 0.6 is 0 Å². The number of hydrogen-bond acceptors (Lipinski definition) is 5. The monoisotopic (exact) mass is 316 g/mol. The third-order valence-corrected chi connectivity index (χ3v) is 3.77. The van der Waals surface area contributed by atoms with Crippen molar-refractivity contribution in [1.29, 1.82) is 0 Å². The van der Waals surface area contributed by atoms with Gasteiger partial charge in [0.25, 0.3) is 0 Å². The molecule has 0 bridgehead atoms. The molecule has 0 radical (unpaired) electrons. The van der Waals surface area contributed by atoms with Gasteiger partial charge in [0.1, 0.15) is 12.3 Å². The second kappa shape index (κ2) is 7.17. The fraction of sp³-hybridized carbons (Fsp3) is 0.412. The summed E-state index contributed by atoms with van der Waals surface area (Å²) in [5.74, 6) is 0.842. The summed E-state index contributed by atoms with van der Waals surface area (Å²) in [6.07, 6.45) is 2.65. The predicted octanol–water partition coefficient (Wildman–Crippen LogP) is 1.05. The molecule has 23 heavy (non-hydrogen) atoms. The second-order valence-corrected chi connectivity index (χ2v) is 6.30. The van der Waals surface area contributed by atoms with E-state index in [9.17, 15) is 4.79 Å². The van der Waals surface area contributed by atoms with E-state index in [1.807, 2.05) is 31.2 Å². The number of aliphatic imine (C=N–C) groups is 1. The maximum absolute atomic E-state index is 12.0. The van der Waals surface area contributed by atoms with Crippen molar-refractivity contribution in [3.05, 3.63) is 41.7 Å². The first-order valence-electron chi connectivity index (χ1n) is 7.56. The second-order valence-electron chi connectivity index (χ2n) is 6.30. The van der Waals surface area contributed by atoms with E-state index in [4.69, 9.17) is 16.2 Å². The molecule has 1 heterocycles. The number of aryl methyl sites for hydroxylation is 1. The molecule has 4 N–H and O–H groups in total. The van der Waals surface area contributed by atoms with E-state index in [0.717, 1.165) is 5.75 Å². The molecule has 0 aliphatic carbocycles. The van der Waals surface area contributed by atoms with Crippen LogP contribution in [0.4, 0.5) is 0 Å². The lowest BCUT2D eigenvalue weighted by molar-refractivity contribution is -0.142. The lowest BCUT2D eigenvalue weighted by atomic mass is 9.83. The first kappa shape index (κ1) is 16.9. The van der Waals surface area contributed by atoms with Crippen LogP contribution in [-0.2, 0) is 4.79 Å². The summed E-state index contributed by atoms with van der Waals surface area (Å²) in [6.45, 7) is 6.18. The third kappa shape index (κ3) is 4.74. The Kier molecular flexibility index (Phi) is 5.26. The Bertz CT molecular complexity index is 602. The number of likely N-dealkylation sites (tertiary alicyclic amines) is 1. The summed E-state index contributed by atoms with van der Waals surface area (Å²) in [7, 11) is 0. The summed E-state index contributed by atoms with van der Waals surface area (Å²) >= 11 is 0. The zero-order valence-electron chi connectivity index (χ0n) is 13.7.